The summed E-state index contributed by atoms with van der Waals surface area (Å²) in [6.45, 7) is 3.81. The van der Waals surface area contributed by atoms with Crippen LogP contribution in [0.4, 0.5) is 4.39 Å². The van der Waals surface area contributed by atoms with E-state index in [1.165, 1.54) is 12.1 Å². The summed E-state index contributed by atoms with van der Waals surface area (Å²) in [6.07, 6.45) is 1.51. The molecule has 0 aliphatic carbocycles. The molecule has 1 rings (SSSR count). The van der Waals surface area contributed by atoms with E-state index in [1.807, 2.05) is 6.92 Å². The number of hydrogen-bond acceptors (Lipinski definition) is 4. The first-order valence-corrected chi connectivity index (χ1v) is 8.50. The molecule has 0 atom stereocenters. The average molecular weight is 318 g/mol. The summed E-state index contributed by atoms with van der Waals surface area (Å²) >= 11 is 0. The average Bonchev–Trinajstić information content (AvgIpc) is 2.45. The highest BCUT2D eigenvalue weighted by atomic mass is 32.2. The van der Waals surface area contributed by atoms with Gasteiger partial charge in [0.05, 0.1) is 4.90 Å². The van der Waals surface area contributed by atoms with Crippen LogP contribution < -0.4 is 10.0 Å². The molecular weight excluding hydrogens is 295 g/mol. The Kier molecular flexibility index (Phi) is 7.81. The molecule has 0 spiro atoms. The highest BCUT2D eigenvalue weighted by Gasteiger charge is 2.18. The van der Waals surface area contributed by atoms with Crippen LogP contribution >= 0.6 is 0 Å². The highest BCUT2D eigenvalue weighted by molar-refractivity contribution is 7.89. The van der Waals surface area contributed by atoms with Gasteiger partial charge in [-0.15, -0.1) is 0 Å². The van der Waals surface area contributed by atoms with Crippen LogP contribution in [0.1, 0.15) is 25.3 Å². The lowest BCUT2D eigenvalue weighted by molar-refractivity contribution is 0.133. The zero-order valence-corrected chi connectivity index (χ0v) is 13.3. The van der Waals surface area contributed by atoms with Crippen molar-refractivity contribution >= 4 is 10.0 Å². The van der Waals surface area contributed by atoms with Gasteiger partial charge >= 0.3 is 0 Å². The van der Waals surface area contributed by atoms with Crippen LogP contribution in [0.15, 0.2) is 23.1 Å². The Balaban J connectivity index is 2.67. The summed E-state index contributed by atoms with van der Waals surface area (Å²) in [5.74, 6) is -0.568. The van der Waals surface area contributed by atoms with Crippen LogP contribution in [-0.2, 0) is 21.3 Å². The zero-order valence-electron chi connectivity index (χ0n) is 12.5. The Hall–Kier alpha value is -1.02. The third kappa shape index (κ3) is 6.09. The number of sulfonamides is 1. The minimum atomic E-state index is -3.71. The fourth-order valence-corrected chi connectivity index (χ4v) is 3.14. The lowest BCUT2D eigenvalue weighted by atomic mass is 10.2. The van der Waals surface area contributed by atoms with Crippen LogP contribution in [-0.4, -0.2) is 35.2 Å². The van der Waals surface area contributed by atoms with Crippen LogP contribution in [0.3, 0.4) is 0 Å². The minimum absolute atomic E-state index is 0.0219. The van der Waals surface area contributed by atoms with E-state index in [4.69, 9.17) is 4.74 Å². The van der Waals surface area contributed by atoms with E-state index in [1.54, 1.807) is 7.05 Å². The van der Waals surface area contributed by atoms with Gasteiger partial charge in [0, 0.05) is 26.3 Å². The number of rotatable bonds is 10. The molecule has 1 aromatic rings. The van der Waals surface area contributed by atoms with E-state index in [0.29, 0.717) is 31.7 Å². The maximum absolute atomic E-state index is 13.3. The molecule has 0 saturated carbocycles. The molecule has 5 nitrogen and oxygen atoms in total. The van der Waals surface area contributed by atoms with Gasteiger partial charge in [-0.1, -0.05) is 13.0 Å². The summed E-state index contributed by atoms with van der Waals surface area (Å²) in [7, 11) is -2.01. The molecule has 0 bridgehead atoms. The number of benzene rings is 1. The highest BCUT2D eigenvalue weighted by Crippen LogP contribution is 2.17. The molecule has 0 aliphatic rings. The third-order valence-electron chi connectivity index (χ3n) is 2.79. The monoisotopic (exact) mass is 318 g/mol. The standard InChI is InChI=1S/C14H23FN2O3S/c1-3-8-20-9-4-7-17-21(18,19)14-10-13(15)6-5-12(14)11-16-2/h5-6,10,16-17H,3-4,7-9,11H2,1-2H3. The molecule has 0 heterocycles. The molecule has 0 unspecified atom stereocenters. The number of ether oxygens (including phenoxy) is 1. The van der Waals surface area contributed by atoms with Crippen molar-refractivity contribution in [2.24, 2.45) is 0 Å². The molecule has 0 aromatic heterocycles. The number of nitrogens with one attached hydrogen (secondary N) is 2. The van der Waals surface area contributed by atoms with E-state index >= 15 is 0 Å². The van der Waals surface area contributed by atoms with Crippen LogP contribution in [0.2, 0.25) is 0 Å². The number of halogens is 1. The summed E-state index contributed by atoms with van der Waals surface area (Å²) in [5, 5.41) is 2.87. The fraction of sp³-hybridized carbons (Fsp3) is 0.571. The summed E-state index contributed by atoms with van der Waals surface area (Å²) in [5.41, 5.74) is 0.536. The van der Waals surface area contributed by atoms with Gasteiger partial charge in [0.2, 0.25) is 10.0 Å². The van der Waals surface area contributed by atoms with Crippen molar-refractivity contribution in [2.75, 3.05) is 26.8 Å². The minimum Gasteiger partial charge on any atom is -0.381 e. The van der Waals surface area contributed by atoms with E-state index < -0.39 is 15.8 Å². The molecule has 0 amide bonds. The summed E-state index contributed by atoms with van der Waals surface area (Å²) in [6, 6.07) is 3.78. The maximum Gasteiger partial charge on any atom is 0.240 e. The smallest absolute Gasteiger partial charge is 0.240 e. The SMILES string of the molecule is CCCOCCCNS(=O)(=O)c1cc(F)ccc1CNC. The van der Waals surface area contributed by atoms with Crippen molar-refractivity contribution in [2.45, 2.75) is 31.2 Å². The van der Waals surface area contributed by atoms with Gasteiger partial charge in [-0.05, 0) is 37.6 Å². The van der Waals surface area contributed by atoms with Crippen LogP contribution in [0, 0.1) is 5.82 Å². The second kappa shape index (κ2) is 9.09. The Labute approximate surface area is 125 Å². The molecule has 1 aromatic carbocycles. The van der Waals surface area contributed by atoms with Crippen molar-refractivity contribution in [1.29, 1.82) is 0 Å². The lowest BCUT2D eigenvalue weighted by Crippen LogP contribution is -2.27. The Morgan fingerprint density at radius 2 is 2.05 bits per heavy atom. The second-order valence-corrected chi connectivity index (χ2v) is 6.38. The quantitative estimate of drug-likeness (QED) is 0.644. The van der Waals surface area contributed by atoms with E-state index in [-0.39, 0.29) is 11.4 Å². The van der Waals surface area contributed by atoms with Gasteiger partial charge in [0.25, 0.3) is 0 Å². The normalized spacial score (nSPS) is 11.8. The Morgan fingerprint density at radius 3 is 2.71 bits per heavy atom. The van der Waals surface area contributed by atoms with Crippen molar-refractivity contribution < 1.29 is 17.5 Å². The molecule has 0 saturated heterocycles. The Morgan fingerprint density at radius 1 is 1.29 bits per heavy atom. The van der Waals surface area contributed by atoms with Crippen molar-refractivity contribution in [1.82, 2.24) is 10.0 Å². The molecule has 0 aliphatic heterocycles. The van der Waals surface area contributed by atoms with Gasteiger partial charge < -0.3 is 10.1 Å². The first-order chi connectivity index (χ1) is 10.0. The van der Waals surface area contributed by atoms with E-state index in [9.17, 15) is 12.8 Å². The Bertz CT molecular complexity index is 535. The van der Waals surface area contributed by atoms with Gasteiger partial charge in [0.1, 0.15) is 5.82 Å². The molecule has 0 radical (unpaired) electrons. The first-order valence-electron chi connectivity index (χ1n) is 7.01. The summed E-state index contributed by atoms with van der Waals surface area (Å²) in [4.78, 5) is -0.0219. The predicted octanol–water partition coefficient (Wildman–Crippen LogP) is 1.64. The predicted molar refractivity (Wildman–Crippen MR) is 80.1 cm³/mol. The number of hydrogen-bond donors (Lipinski definition) is 2. The largest absolute Gasteiger partial charge is 0.381 e. The molecule has 21 heavy (non-hydrogen) atoms. The molecule has 2 N–H and O–H groups in total. The second-order valence-electron chi connectivity index (χ2n) is 4.65. The van der Waals surface area contributed by atoms with Gasteiger partial charge in [0.15, 0.2) is 0 Å². The van der Waals surface area contributed by atoms with E-state index in [2.05, 4.69) is 10.0 Å². The van der Waals surface area contributed by atoms with Crippen molar-refractivity contribution in [3.05, 3.63) is 29.6 Å². The van der Waals surface area contributed by atoms with Crippen molar-refractivity contribution in [3.8, 4) is 0 Å². The zero-order chi connectivity index (χ0) is 15.7. The van der Waals surface area contributed by atoms with E-state index in [0.717, 1.165) is 12.5 Å². The third-order valence-corrected chi connectivity index (χ3v) is 4.34. The first kappa shape index (κ1) is 18.0. The molecule has 120 valence electrons. The van der Waals surface area contributed by atoms with Crippen LogP contribution in [0.5, 0.6) is 0 Å². The lowest BCUT2D eigenvalue weighted by Gasteiger charge is -2.11. The van der Waals surface area contributed by atoms with Gasteiger partial charge in [-0.2, -0.15) is 0 Å². The topological polar surface area (TPSA) is 67.4 Å². The van der Waals surface area contributed by atoms with Crippen LogP contribution in [0.25, 0.3) is 0 Å². The molecule has 7 heteroatoms. The van der Waals surface area contributed by atoms with Gasteiger partial charge in [-0.3, -0.25) is 0 Å². The summed E-state index contributed by atoms with van der Waals surface area (Å²) < 4.78 is 45.5. The fourth-order valence-electron chi connectivity index (χ4n) is 1.82. The maximum atomic E-state index is 13.3. The van der Waals surface area contributed by atoms with Gasteiger partial charge in [-0.25, -0.2) is 17.5 Å². The van der Waals surface area contributed by atoms with Crippen molar-refractivity contribution in [3.63, 3.8) is 0 Å². The molecule has 0 fully saturated rings. The molecular formula is C14H23FN2O3S.